The highest BCUT2D eigenvalue weighted by atomic mass is 19.1. The number of nitrogens with one attached hydrogen (secondary N) is 2. The predicted octanol–water partition coefficient (Wildman–Crippen LogP) is 2.27. The second-order valence-corrected chi connectivity index (χ2v) is 5.50. The van der Waals surface area contributed by atoms with Crippen LogP contribution in [0.4, 0.5) is 4.39 Å². The summed E-state index contributed by atoms with van der Waals surface area (Å²) in [6.45, 7) is 0.758. The van der Waals surface area contributed by atoms with Crippen LogP contribution < -0.4 is 15.4 Å². The fourth-order valence-electron chi connectivity index (χ4n) is 2.75. The van der Waals surface area contributed by atoms with Crippen LogP contribution in [0.2, 0.25) is 0 Å². The minimum atomic E-state index is -0.532. The molecule has 6 heteroatoms. The van der Waals surface area contributed by atoms with E-state index in [1.807, 2.05) is 30.3 Å². The van der Waals surface area contributed by atoms with Crippen molar-refractivity contribution < 1.29 is 18.7 Å². The van der Waals surface area contributed by atoms with Gasteiger partial charge in [0.15, 0.2) is 6.79 Å². The standard InChI is InChI=1S/C18H19FN2O3/c1-20-18(22)16(12-5-3-2-4-6-12)21-9-13-7-15(19)8-14-10-23-11-24-17(13)14/h2-8,16,21H,9-11H2,1H3,(H,20,22). The first kappa shape index (κ1) is 16.4. The molecule has 2 aromatic rings. The quantitative estimate of drug-likeness (QED) is 0.883. The van der Waals surface area contributed by atoms with E-state index in [-0.39, 0.29) is 18.5 Å². The molecule has 1 atom stereocenters. The van der Waals surface area contributed by atoms with Crippen molar-refractivity contribution in [1.82, 2.24) is 10.6 Å². The molecule has 0 fully saturated rings. The number of carbonyl (C=O) groups excluding carboxylic acids is 1. The Morgan fingerprint density at radius 2 is 2.08 bits per heavy atom. The Labute approximate surface area is 139 Å². The third-order valence-corrected chi connectivity index (χ3v) is 3.89. The molecule has 0 saturated heterocycles. The summed E-state index contributed by atoms with van der Waals surface area (Å²) < 4.78 is 24.5. The lowest BCUT2D eigenvalue weighted by Gasteiger charge is -2.23. The van der Waals surface area contributed by atoms with E-state index in [0.29, 0.717) is 30.0 Å². The van der Waals surface area contributed by atoms with Crippen LogP contribution in [0.1, 0.15) is 22.7 Å². The van der Waals surface area contributed by atoms with Crippen LogP contribution in [0, 0.1) is 5.82 Å². The number of rotatable bonds is 5. The number of likely N-dealkylation sites (N-methyl/N-ethyl adjacent to an activating group) is 1. The minimum Gasteiger partial charge on any atom is -0.467 e. The van der Waals surface area contributed by atoms with Crippen LogP contribution in [-0.4, -0.2) is 19.7 Å². The number of fused-ring (bicyclic) bond motifs is 1. The summed E-state index contributed by atoms with van der Waals surface area (Å²) in [4.78, 5) is 12.2. The highest BCUT2D eigenvalue weighted by Gasteiger charge is 2.21. The number of benzene rings is 2. The van der Waals surface area contributed by atoms with Gasteiger partial charge in [-0.25, -0.2) is 4.39 Å². The molecule has 1 amide bonds. The van der Waals surface area contributed by atoms with E-state index in [4.69, 9.17) is 9.47 Å². The lowest BCUT2D eigenvalue weighted by Crippen LogP contribution is -2.35. The number of ether oxygens (including phenoxy) is 2. The first-order valence-corrected chi connectivity index (χ1v) is 7.71. The minimum absolute atomic E-state index is 0.142. The Morgan fingerprint density at radius 1 is 1.29 bits per heavy atom. The van der Waals surface area contributed by atoms with Gasteiger partial charge in [0.05, 0.1) is 6.61 Å². The van der Waals surface area contributed by atoms with Crippen molar-refractivity contribution in [2.24, 2.45) is 0 Å². The Bertz CT molecular complexity index is 722. The zero-order valence-corrected chi connectivity index (χ0v) is 13.3. The third-order valence-electron chi connectivity index (χ3n) is 3.89. The van der Waals surface area contributed by atoms with E-state index in [2.05, 4.69) is 10.6 Å². The second-order valence-electron chi connectivity index (χ2n) is 5.50. The van der Waals surface area contributed by atoms with Gasteiger partial charge in [-0.1, -0.05) is 30.3 Å². The molecule has 126 valence electrons. The molecule has 2 N–H and O–H groups in total. The lowest BCUT2D eigenvalue weighted by molar-refractivity contribution is -0.122. The Kier molecular flexibility index (Phi) is 5.08. The zero-order chi connectivity index (χ0) is 16.9. The average molecular weight is 330 g/mol. The van der Waals surface area contributed by atoms with Crippen LogP contribution in [0.15, 0.2) is 42.5 Å². The number of carbonyl (C=O) groups is 1. The van der Waals surface area contributed by atoms with E-state index >= 15 is 0 Å². The fraction of sp³-hybridized carbons (Fsp3) is 0.278. The van der Waals surface area contributed by atoms with Crippen molar-refractivity contribution in [2.45, 2.75) is 19.2 Å². The number of amides is 1. The summed E-state index contributed by atoms with van der Waals surface area (Å²) in [5, 5.41) is 5.83. The van der Waals surface area contributed by atoms with Crippen LogP contribution in [-0.2, 0) is 22.7 Å². The van der Waals surface area contributed by atoms with Gasteiger partial charge in [-0.3, -0.25) is 10.1 Å². The largest absolute Gasteiger partial charge is 0.467 e. The van der Waals surface area contributed by atoms with Crippen molar-refractivity contribution >= 4 is 5.91 Å². The predicted molar refractivity (Wildman–Crippen MR) is 86.8 cm³/mol. The summed E-state index contributed by atoms with van der Waals surface area (Å²) in [5.74, 6) is 0.116. The molecule has 1 unspecified atom stereocenters. The molecule has 1 aliphatic heterocycles. The van der Waals surface area contributed by atoms with E-state index in [9.17, 15) is 9.18 Å². The first-order chi connectivity index (χ1) is 11.7. The highest BCUT2D eigenvalue weighted by Crippen LogP contribution is 2.29. The molecular weight excluding hydrogens is 311 g/mol. The maximum absolute atomic E-state index is 13.8. The van der Waals surface area contributed by atoms with Crippen LogP contribution in [0.5, 0.6) is 5.75 Å². The Hall–Kier alpha value is -2.44. The molecule has 0 spiro atoms. The molecule has 0 bridgehead atoms. The molecule has 0 aromatic heterocycles. The van der Waals surface area contributed by atoms with Crippen LogP contribution >= 0.6 is 0 Å². The molecule has 5 nitrogen and oxygen atoms in total. The van der Waals surface area contributed by atoms with Gasteiger partial charge in [-0.2, -0.15) is 0 Å². The molecule has 3 rings (SSSR count). The molecule has 1 aliphatic rings. The molecule has 2 aromatic carbocycles. The normalized spacial score (nSPS) is 14.4. The topological polar surface area (TPSA) is 59.6 Å². The molecular formula is C18H19FN2O3. The zero-order valence-electron chi connectivity index (χ0n) is 13.3. The maximum atomic E-state index is 13.8. The summed E-state index contributed by atoms with van der Waals surface area (Å²) in [7, 11) is 1.59. The van der Waals surface area contributed by atoms with Gasteiger partial charge in [0, 0.05) is 24.7 Å². The van der Waals surface area contributed by atoms with Crippen molar-refractivity contribution in [3.63, 3.8) is 0 Å². The number of hydrogen-bond donors (Lipinski definition) is 2. The number of hydrogen-bond acceptors (Lipinski definition) is 4. The maximum Gasteiger partial charge on any atom is 0.241 e. The van der Waals surface area contributed by atoms with E-state index in [0.717, 1.165) is 5.56 Å². The number of halogens is 1. The van der Waals surface area contributed by atoms with Gasteiger partial charge in [0.1, 0.15) is 17.6 Å². The smallest absolute Gasteiger partial charge is 0.241 e. The van der Waals surface area contributed by atoms with Crippen LogP contribution in [0.3, 0.4) is 0 Å². The van der Waals surface area contributed by atoms with E-state index < -0.39 is 6.04 Å². The summed E-state index contributed by atoms with van der Waals surface area (Å²) in [6.07, 6.45) is 0. The molecule has 0 aliphatic carbocycles. The van der Waals surface area contributed by atoms with Crippen molar-refractivity contribution in [3.8, 4) is 5.75 Å². The van der Waals surface area contributed by atoms with Crippen molar-refractivity contribution in [1.29, 1.82) is 0 Å². The van der Waals surface area contributed by atoms with Crippen molar-refractivity contribution in [2.75, 3.05) is 13.8 Å². The summed E-state index contributed by atoms with van der Waals surface area (Å²) in [5.41, 5.74) is 2.18. The summed E-state index contributed by atoms with van der Waals surface area (Å²) in [6, 6.07) is 11.7. The Balaban J connectivity index is 1.83. The van der Waals surface area contributed by atoms with Gasteiger partial charge in [-0.05, 0) is 17.7 Å². The van der Waals surface area contributed by atoms with Gasteiger partial charge >= 0.3 is 0 Å². The average Bonchev–Trinajstić information content (AvgIpc) is 2.62. The molecule has 0 radical (unpaired) electrons. The fourth-order valence-corrected chi connectivity index (χ4v) is 2.75. The monoisotopic (exact) mass is 330 g/mol. The van der Waals surface area contributed by atoms with Gasteiger partial charge in [-0.15, -0.1) is 0 Å². The summed E-state index contributed by atoms with van der Waals surface area (Å²) >= 11 is 0. The van der Waals surface area contributed by atoms with E-state index in [1.54, 1.807) is 7.05 Å². The first-order valence-electron chi connectivity index (χ1n) is 7.71. The van der Waals surface area contributed by atoms with Crippen LogP contribution in [0.25, 0.3) is 0 Å². The molecule has 1 heterocycles. The van der Waals surface area contributed by atoms with E-state index in [1.165, 1.54) is 12.1 Å². The van der Waals surface area contributed by atoms with Gasteiger partial charge < -0.3 is 14.8 Å². The van der Waals surface area contributed by atoms with Crippen molar-refractivity contribution in [3.05, 3.63) is 65.0 Å². The third kappa shape index (κ3) is 3.55. The molecule has 0 saturated carbocycles. The highest BCUT2D eigenvalue weighted by molar-refractivity contribution is 5.82. The molecule has 24 heavy (non-hydrogen) atoms. The lowest BCUT2D eigenvalue weighted by atomic mass is 10.0. The van der Waals surface area contributed by atoms with Gasteiger partial charge in [0.25, 0.3) is 0 Å². The second kappa shape index (κ2) is 7.42. The Morgan fingerprint density at radius 3 is 2.83 bits per heavy atom. The van der Waals surface area contributed by atoms with Gasteiger partial charge in [0.2, 0.25) is 5.91 Å². The SMILES string of the molecule is CNC(=O)C(NCc1cc(F)cc2c1OCOC2)c1ccccc1.